The van der Waals surface area contributed by atoms with Crippen LogP contribution in [-0.4, -0.2) is 46.9 Å². The number of benzene rings is 1. The van der Waals surface area contributed by atoms with E-state index in [0.717, 1.165) is 11.4 Å². The molecule has 11 heteroatoms. The number of amides is 1. The van der Waals surface area contributed by atoms with Gasteiger partial charge in [-0.15, -0.1) is 0 Å². The fourth-order valence-electron chi connectivity index (χ4n) is 3.11. The van der Waals surface area contributed by atoms with Crippen molar-refractivity contribution in [3.8, 4) is 5.82 Å². The molecule has 0 saturated heterocycles. The van der Waals surface area contributed by atoms with Crippen molar-refractivity contribution in [2.75, 3.05) is 11.9 Å². The number of aliphatic hydroxyl groups is 1. The molecule has 0 aliphatic carbocycles. The molecule has 4 rings (SSSR count). The van der Waals surface area contributed by atoms with Crippen molar-refractivity contribution in [3.63, 3.8) is 0 Å². The molecule has 0 aliphatic rings. The van der Waals surface area contributed by atoms with E-state index in [-0.39, 0.29) is 12.3 Å². The SMILES string of the molecule is Cc1cnc(Nc2ccnn2C)nc1-n1cnc(C(=O)N[C@H](CO)c2cccc(Cl)c2)c1. The summed E-state index contributed by atoms with van der Waals surface area (Å²) in [5, 5.41) is 20.2. The van der Waals surface area contributed by atoms with E-state index in [1.165, 1.54) is 6.33 Å². The van der Waals surface area contributed by atoms with Crippen LogP contribution in [0.2, 0.25) is 5.02 Å². The Morgan fingerprint density at radius 1 is 1.28 bits per heavy atom. The van der Waals surface area contributed by atoms with Gasteiger partial charge < -0.3 is 15.7 Å². The molecular formula is C21H21ClN8O2. The first-order valence-electron chi connectivity index (χ1n) is 9.75. The summed E-state index contributed by atoms with van der Waals surface area (Å²) in [5.74, 6) is 1.27. The summed E-state index contributed by atoms with van der Waals surface area (Å²) in [4.78, 5) is 25.8. The molecule has 4 aromatic rings. The third-order valence-corrected chi connectivity index (χ3v) is 5.04. The molecule has 1 atom stereocenters. The predicted molar refractivity (Wildman–Crippen MR) is 119 cm³/mol. The minimum atomic E-state index is -0.609. The largest absolute Gasteiger partial charge is 0.394 e. The van der Waals surface area contributed by atoms with Crippen LogP contribution < -0.4 is 10.6 Å². The van der Waals surface area contributed by atoms with E-state index in [9.17, 15) is 9.90 Å². The van der Waals surface area contributed by atoms with Gasteiger partial charge in [-0.3, -0.25) is 14.0 Å². The number of anilines is 2. The van der Waals surface area contributed by atoms with Crippen LogP contribution in [0.1, 0.15) is 27.7 Å². The van der Waals surface area contributed by atoms with Gasteiger partial charge in [0, 0.05) is 36.1 Å². The zero-order valence-corrected chi connectivity index (χ0v) is 18.2. The fourth-order valence-corrected chi connectivity index (χ4v) is 3.31. The average molecular weight is 453 g/mol. The molecule has 0 radical (unpaired) electrons. The van der Waals surface area contributed by atoms with Gasteiger partial charge in [0.1, 0.15) is 23.7 Å². The van der Waals surface area contributed by atoms with Crippen LogP contribution in [0.3, 0.4) is 0 Å². The van der Waals surface area contributed by atoms with E-state index in [4.69, 9.17) is 11.6 Å². The van der Waals surface area contributed by atoms with Gasteiger partial charge in [-0.2, -0.15) is 10.1 Å². The van der Waals surface area contributed by atoms with Crippen LogP contribution in [0.25, 0.3) is 5.82 Å². The van der Waals surface area contributed by atoms with E-state index >= 15 is 0 Å². The smallest absolute Gasteiger partial charge is 0.272 e. The van der Waals surface area contributed by atoms with Crippen molar-refractivity contribution < 1.29 is 9.90 Å². The van der Waals surface area contributed by atoms with E-state index in [2.05, 4.69) is 30.7 Å². The first-order valence-corrected chi connectivity index (χ1v) is 10.1. The molecule has 164 valence electrons. The summed E-state index contributed by atoms with van der Waals surface area (Å²) >= 11 is 6.02. The Labute approximate surface area is 188 Å². The van der Waals surface area contributed by atoms with Gasteiger partial charge in [0.25, 0.3) is 5.91 Å². The molecule has 3 aromatic heterocycles. The van der Waals surface area contributed by atoms with Crippen molar-refractivity contribution in [1.82, 2.24) is 34.6 Å². The molecular weight excluding hydrogens is 432 g/mol. The minimum absolute atomic E-state index is 0.185. The number of aliphatic hydroxyl groups excluding tert-OH is 1. The lowest BCUT2D eigenvalue weighted by Gasteiger charge is -2.16. The molecule has 10 nitrogen and oxygen atoms in total. The quantitative estimate of drug-likeness (QED) is 0.393. The van der Waals surface area contributed by atoms with E-state index in [1.54, 1.807) is 65.2 Å². The normalized spacial score (nSPS) is 11.9. The molecule has 1 amide bonds. The van der Waals surface area contributed by atoms with Gasteiger partial charge >= 0.3 is 0 Å². The van der Waals surface area contributed by atoms with Crippen molar-refractivity contribution in [3.05, 3.63) is 77.1 Å². The lowest BCUT2D eigenvalue weighted by Crippen LogP contribution is -2.31. The molecule has 32 heavy (non-hydrogen) atoms. The van der Waals surface area contributed by atoms with E-state index < -0.39 is 11.9 Å². The van der Waals surface area contributed by atoms with Gasteiger partial charge in [0.05, 0.1) is 18.8 Å². The fraction of sp³-hybridized carbons (Fsp3) is 0.190. The second kappa shape index (κ2) is 9.16. The summed E-state index contributed by atoms with van der Waals surface area (Å²) in [6.45, 7) is 1.59. The molecule has 1 aromatic carbocycles. The van der Waals surface area contributed by atoms with Crippen molar-refractivity contribution in [2.45, 2.75) is 13.0 Å². The standard InChI is InChI=1S/C21H21ClN8O2/c1-13-9-23-21(27-18-6-7-25-29(18)2)28-19(13)30-10-16(24-12-30)20(32)26-17(11-31)14-4-3-5-15(22)8-14/h3-10,12,17,31H,11H2,1-2H3,(H,26,32)(H,23,27,28)/t17-/m1/s1. The molecule has 0 bridgehead atoms. The number of hydrogen-bond acceptors (Lipinski definition) is 7. The Bertz CT molecular complexity index is 1250. The molecule has 3 N–H and O–H groups in total. The van der Waals surface area contributed by atoms with Crippen LogP contribution in [0.4, 0.5) is 11.8 Å². The number of aromatic nitrogens is 6. The van der Waals surface area contributed by atoms with Crippen molar-refractivity contribution >= 4 is 29.3 Å². The monoisotopic (exact) mass is 452 g/mol. The summed E-state index contributed by atoms with van der Waals surface area (Å²) < 4.78 is 3.31. The number of nitrogens with one attached hydrogen (secondary N) is 2. The summed E-state index contributed by atoms with van der Waals surface area (Å²) in [7, 11) is 1.81. The molecule has 0 saturated carbocycles. The van der Waals surface area contributed by atoms with Gasteiger partial charge in [-0.05, 0) is 24.6 Å². The lowest BCUT2D eigenvalue weighted by atomic mass is 10.1. The second-order valence-electron chi connectivity index (χ2n) is 7.10. The summed E-state index contributed by atoms with van der Waals surface area (Å²) in [6.07, 6.45) is 6.43. The number of carbonyl (C=O) groups excluding carboxylic acids is 1. The zero-order valence-electron chi connectivity index (χ0n) is 17.4. The third kappa shape index (κ3) is 4.61. The highest BCUT2D eigenvalue weighted by atomic mass is 35.5. The minimum Gasteiger partial charge on any atom is -0.394 e. The van der Waals surface area contributed by atoms with Gasteiger partial charge in [-0.25, -0.2) is 9.97 Å². The number of hydrogen-bond donors (Lipinski definition) is 3. The lowest BCUT2D eigenvalue weighted by molar-refractivity contribution is 0.0911. The van der Waals surface area contributed by atoms with Crippen LogP contribution in [-0.2, 0) is 7.05 Å². The number of nitrogens with zero attached hydrogens (tertiary/aromatic N) is 6. The number of halogens is 1. The van der Waals surface area contributed by atoms with Crippen LogP contribution in [0.15, 0.2) is 55.2 Å². The maximum atomic E-state index is 12.7. The Morgan fingerprint density at radius 2 is 2.12 bits per heavy atom. The summed E-state index contributed by atoms with van der Waals surface area (Å²) in [6, 6.07) is 8.16. The number of aryl methyl sites for hydroxylation is 2. The topological polar surface area (TPSA) is 123 Å². The maximum absolute atomic E-state index is 12.7. The number of rotatable bonds is 7. The molecule has 0 spiro atoms. The van der Waals surface area contributed by atoms with E-state index in [0.29, 0.717) is 22.4 Å². The maximum Gasteiger partial charge on any atom is 0.272 e. The van der Waals surface area contributed by atoms with Gasteiger partial charge in [0.2, 0.25) is 5.95 Å². The van der Waals surface area contributed by atoms with Crippen molar-refractivity contribution in [1.29, 1.82) is 0 Å². The third-order valence-electron chi connectivity index (χ3n) is 4.80. The number of imidazole rings is 1. The predicted octanol–water partition coefficient (Wildman–Crippen LogP) is 2.56. The van der Waals surface area contributed by atoms with Crippen LogP contribution in [0, 0.1) is 6.92 Å². The number of carbonyl (C=O) groups is 1. The van der Waals surface area contributed by atoms with Crippen molar-refractivity contribution in [2.24, 2.45) is 7.05 Å². The van der Waals surface area contributed by atoms with Gasteiger partial charge in [0.15, 0.2) is 0 Å². The van der Waals surface area contributed by atoms with E-state index in [1.807, 2.05) is 6.92 Å². The zero-order chi connectivity index (χ0) is 22.7. The van der Waals surface area contributed by atoms with Crippen LogP contribution >= 0.6 is 11.6 Å². The first-order chi connectivity index (χ1) is 15.4. The highest BCUT2D eigenvalue weighted by Crippen LogP contribution is 2.19. The Kier molecular flexibility index (Phi) is 6.15. The molecule has 0 fully saturated rings. The molecule has 0 aliphatic heterocycles. The Hall–Kier alpha value is -3.76. The van der Waals surface area contributed by atoms with Crippen LogP contribution in [0.5, 0.6) is 0 Å². The average Bonchev–Trinajstić information content (AvgIpc) is 3.43. The first kappa shape index (κ1) is 21.5. The Morgan fingerprint density at radius 3 is 2.84 bits per heavy atom. The highest BCUT2D eigenvalue weighted by molar-refractivity contribution is 6.30. The second-order valence-corrected chi connectivity index (χ2v) is 7.53. The molecule has 3 heterocycles. The summed E-state index contributed by atoms with van der Waals surface area (Å²) in [5.41, 5.74) is 1.69. The Balaban J connectivity index is 1.53. The molecule has 0 unspecified atom stereocenters. The highest BCUT2D eigenvalue weighted by Gasteiger charge is 2.18. The van der Waals surface area contributed by atoms with Gasteiger partial charge in [-0.1, -0.05) is 23.7 Å².